The molecular weight excluding hydrogens is 569 g/mol. The van der Waals surface area contributed by atoms with Crippen LogP contribution in [0.2, 0.25) is 0 Å². The molecular formula is C30H21F3N4O6. The summed E-state index contributed by atoms with van der Waals surface area (Å²) in [6.07, 6.45) is -2.38. The predicted molar refractivity (Wildman–Crippen MR) is 142 cm³/mol. The molecule has 5 rings (SSSR count). The number of aromatic nitrogens is 1. The standard InChI is InChI=1S/C30H21F3N4O6/c1-17-25(27(38)23-7-4-12-42-23)26(19-10-8-18(14-34)9-11-19)36(15-24-35-22(16-43-24)28(39)41-2)29(40)37(17)21-6-3-5-20(13-21)30(31,32)33/h3-13,16,26H,15H2,1-2H3. The van der Waals surface area contributed by atoms with Gasteiger partial charge in [-0.25, -0.2) is 14.6 Å². The van der Waals surface area contributed by atoms with E-state index in [1.165, 1.54) is 48.4 Å². The molecule has 2 amide bonds. The number of Topliss-reactive ketones (excluding diaryl/α,β-unsaturated/α-hetero) is 1. The van der Waals surface area contributed by atoms with Gasteiger partial charge in [0.25, 0.3) is 0 Å². The van der Waals surface area contributed by atoms with Gasteiger partial charge in [0.1, 0.15) is 6.26 Å². The topological polar surface area (TPSA) is 130 Å². The zero-order valence-corrected chi connectivity index (χ0v) is 22.6. The number of nitriles is 1. The Kier molecular flexibility index (Phi) is 7.60. The molecule has 0 aliphatic carbocycles. The monoisotopic (exact) mass is 590 g/mol. The van der Waals surface area contributed by atoms with Crippen LogP contribution in [0.25, 0.3) is 0 Å². The van der Waals surface area contributed by atoms with Crippen LogP contribution in [0.1, 0.15) is 56.6 Å². The second kappa shape index (κ2) is 11.3. The third-order valence-electron chi connectivity index (χ3n) is 6.78. The largest absolute Gasteiger partial charge is 0.464 e. The Morgan fingerprint density at radius 1 is 1.09 bits per heavy atom. The molecule has 43 heavy (non-hydrogen) atoms. The minimum absolute atomic E-state index is 0.0106. The molecule has 4 aromatic rings. The highest BCUT2D eigenvalue weighted by molar-refractivity contribution is 6.12. The third kappa shape index (κ3) is 5.50. The van der Waals surface area contributed by atoms with E-state index in [1.807, 2.05) is 6.07 Å². The molecule has 0 N–H and O–H groups in total. The predicted octanol–water partition coefficient (Wildman–Crippen LogP) is 6.29. The van der Waals surface area contributed by atoms with Crippen molar-refractivity contribution >= 4 is 23.5 Å². The number of carbonyl (C=O) groups is 3. The van der Waals surface area contributed by atoms with Crippen LogP contribution < -0.4 is 4.90 Å². The summed E-state index contributed by atoms with van der Waals surface area (Å²) in [6.45, 7) is 1.04. The molecule has 10 nitrogen and oxygen atoms in total. The molecule has 0 bridgehead atoms. The molecule has 1 atom stereocenters. The molecule has 0 radical (unpaired) electrons. The SMILES string of the molecule is COC(=O)c1coc(CN2C(=O)N(c3cccc(C(F)(F)F)c3)C(C)=C(C(=O)c3ccco3)C2c2ccc(C#N)cc2)n1. The number of benzene rings is 2. The van der Waals surface area contributed by atoms with Crippen molar-refractivity contribution in [3.05, 3.63) is 118 Å². The Morgan fingerprint density at radius 2 is 1.84 bits per heavy atom. The molecule has 0 spiro atoms. The lowest BCUT2D eigenvalue weighted by atomic mass is 9.88. The first-order chi connectivity index (χ1) is 20.5. The highest BCUT2D eigenvalue weighted by atomic mass is 19.4. The van der Waals surface area contributed by atoms with E-state index in [-0.39, 0.29) is 34.3 Å². The Labute approximate surface area is 242 Å². The van der Waals surface area contributed by atoms with Gasteiger partial charge in [0.05, 0.1) is 54.4 Å². The fraction of sp³-hybridized carbons (Fsp3) is 0.167. The lowest BCUT2D eigenvalue weighted by Crippen LogP contribution is -2.50. The molecule has 1 aliphatic rings. The molecule has 218 valence electrons. The minimum atomic E-state index is -4.70. The Morgan fingerprint density at radius 3 is 2.47 bits per heavy atom. The summed E-state index contributed by atoms with van der Waals surface area (Å²) in [4.78, 5) is 46.5. The van der Waals surface area contributed by atoms with E-state index in [0.29, 0.717) is 11.1 Å². The third-order valence-corrected chi connectivity index (χ3v) is 6.78. The normalized spacial score (nSPS) is 15.4. The lowest BCUT2D eigenvalue weighted by Gasteiger charge is -2.42. The van der Waals surface area contributed by atoms with Crippen LogP contribution in [0, 0.1) is 11.3 Å². The molecule has 2 aromatic heterocycles. The summed E-state index contributed by atoms with van der Waals surface area (Å²) in [5.41, 5.74) is -0.530. The molecule has 0 saturated heterocycles. The highest BCUT2D eigenvalue weighted by Gasteiger charge is 2.44. The van der Waals surface area contributed by atoms with Gasteiger partial charge < -0.3 is 18.5 Å². The van der Waals surface area contributed by atoms with Crippen LogP contribution in [-0.4, -0.2) is 34.8 Å². The van der Waals surface area contributed by atoms with Crippen LogP contribution in [0.4, 0.5) is 23.7 Å². The van der Waals surface area contributed by atoms with Crippen molar-refractivity contribution in [3.8, 4) is 6.07 Å². The number of rotatable bonds is 7. The van der Waals surface area contributed by atoms with Crippen molar-refractivity contribution in [3.63, 3.8) is 0 Å². The summed E-state index contributed by atoms with van der Waals surface area (Å²) < 4.78 is 56.4. The fourth-order valence-corrected chi connectivity index (χ4v) is 4.78. The first kappa shape index (κ1) is 28.9. The number of ketones is 1. The quantitative estimate of drug-likeness (QED) is 0.182. The number of hydrogen-bond donors (Lipinski definition) is 0. The van der Waals surface area contributed by atoms with Gasteiger partial charge in [-0.3, -0.25) is 9.69 Å². The van der Waals surface area contributed by atoms with Crippen LogP contribution in [0.5, 0.6) is 0 Å². The molecule has 0 fully saturated rings. The van der Waals surface area contributed by atoms with Crippen LogP contribution in [-0.2, 0) is 17.5 Å². The first-order valence-electron chi connectivity index (χ1n) is 12.6. The number of urea groups is 1. The van der Waals surface area contributed by atoms with Gasteiger partial charge in [0, 0.05) is 5.70 Å². The fourth-order valence-electron chi connectivity index (χ4n) is 4.78. The number of methoxy groups -OCH3 is 1. The lowest BCUT2D eigenvalue weighted by molar-refractivity contribution is -0.137. The van der Waals surface area contributed by atoms with Crippen molar-refractivity contribution in [2.75, 3.05) is 12.0 Å². The van der Waals surface area contributed by atoms with Crippen molar-refractivity contribution in [1.82, 2.24) is 9.88 Å². The number of ether oxygens (including phenoxy) is 1. The van der Waals surface area contributed by atoms with E-state index in [9.17, 15) is 32.8 Å². The maximum Gasteiger partial charge on any atom is 0.416 e. The van der Waals surface area contributed by atoms with Crippen molar-refractivity contribution < 1.29 is 41.1 Å². The number of carbonyl (C=O) groups excluding carboxylic acids is 3. The number of nitrogens with zero attached hydrogens (tertiary/aromatic N) is 4. The molecule has 2 aromatic carbocycles. The van der Waals surface area contributed by atoms with E-state index in [2.05, 4.69) is 9.72 Å². The van der Waals surface area contributed by atoms with Gasteiger partial charge in [-0.05, 0) is 55.0 Å². The minimum Gasteiger partial charge on any atom is -0.464 e. The van der Waals surface area contributed by atoms with Gasteiger partial charge in [-0.1, -0.05) is 18.2 Å². The van der Waals surface area contributed by atoms with Gasteiger partial charge in [0.2, 0.25) is 11.7 Å². The summed E-state index contributed by atoms with van der Waals surface area (Å²) in [5.74, 6) is -1.61. The molecule has 0 saturated carbocycles. The van der Waals surface area contributed by atoms with E-state index >= 15 is 0 Å². The number of amides is 2. The van der Waals surface area contributed by atoms with Crippen LogP contribution in [0.15, 0.2) is 93.3 Å². The summed E-state index contributed by atoms with van der Waals surface area (Å²) in [5, 5.41) is 9.31. The van der Waals surface area contributed by atoms with E-state index in [0.717, 1.165) is 36.5 Å². The maximum atomic E-state index is 14.2. The number of hydrogen-bond acceptors (Lipinski definition) is 8. The van der Waals surface area contributed by atoms with Crippen molar-refractivity contribution in [2.45, 2.75) is 25.7 Å². The first-order valence-corrected chi connectivity index (χ1v) is 12.6. The Balaban J connectivity index is 1.73. The Hall–Kier alpha value is -5.64. The number of anilines is 1. The molecule has 3 heterocycles. The van der Waals surface area contributed by atoms with Crippen LogP contribution in [0.3, 0.4) is 0 Å². The number of furan rings is 1. The molecule has 13 heteroatoms. The van der Waals surface area contributed by atoms with E-state index in [1.54, 1.807) is 12.1 Å². The average Bonchev–Trinajstić information content (AvgIpc) is 3.71. The second-order valence-corrected chi connectivity index (χ2v) is 9.35. The number of alkyl halides is 3. The highest BCUT2D eigenvalue weighted by Crippen LogP contribution is 2.42. The van der Waals surface area contributed by atoms with Crippen LogP contribution >= 0.6 is 0 Å². The van der Waals surface area contributed by atoms with Gasteiger partial charge >= 0.3 is 18.2 Å². The molecule has 1 unspecified atom stereocenters. The summed E-state index contributed by atoms with van der Waals surface area (Å²) in [7, 11) is 1.15. The van der Waals surface area contributed by atoms with Gasteiger partial charge in [-0.15, -0.1) is 0 Å². The smallest absolute Gasteiger partial charge is 0.416 e. The number of halogens is 3. The average molecular weight is 591 g/mol. The summed E-state index contributed by atoms with van der Waals surface area (Å²) >= 11 is 0. The number of esters is 1. The molecule has 1 aliphatic heterocycles. The number of oxazole rings is 1. The maximum absolute atomic E-state index is 14.2. The van der Waals surface area contributed by atoms with Gasteiger partial charge in [0.15, 0.2) is 11.5 Å². The zero-order valence-electron chi connectivity index (χ0n) is 22.6. The van der Waals surface area contributed by atoms with Crippen molar-refractivity contribution in [1.29, 1.82) is 5.26 Å². The Bertz CT molecular complexity index is 1770. The zero-order chi connectivity index (χ0) is 30.9. The summed E-state index contributed by atoms with van der Waals surface area (Å²) in [6, 6.07) is 13.2. The van der Waals surface area contributed by atoms with E-state index < -0.39 is 42.1 Å². The second-order valence-electron chi connectivity index (χ2n) is 9.35. The number of allylic oxidation sites excluding steroid dienone is 1. The van der Waals surface area contributed by atoms with E-state index in [4.69, 9.17) is 8.83 Å². The van der Waals surface area contributed by atoms with Crippen molar-refractivity contribution in [2.24, 2.45) is 0 Å². The van der Waals surface area contributed by atoms with Gasteiger partial charge in [-0.2, -0.15) is 18.4 Å².